The molecular formula is C16H25N3. The van der Waals surface area contributed by atoms with Gasteiger partial charge in [-0.3, -0.25) is 14.8 Å². The Morgan fingerprint density at radius 2 is 2.32 bits per heavy atom. The van der Waals surface area contributed by atoms with E-state index in [-0.39, 0.29) is 0 Å². The van der Waals surface area contributed by atoms with Crippen molar-refractivity contribution in [2.45, 2.75) is 51.2 Å². The zero-order valence-corrected chi connectivity index (χ0v) is 12.1. The van der Waals surface area contributed by atoms with Crippen molar-refractivity contribution in [3.05, 3.63) is 30.1 Å². The first-order valence-electron chi connectivity index (χ1n) is 7.69. The Bertz CT molecular complexity index is 406. The Balaban J connectivity index is 1.78. The van der Waals surface area contributed by atoms with E-state index >= 15 is 0 Å². The summed E-state index contributed by atoms with van der Waals surface area (Å²) in [6, 6.07) is 6.25. The summed E-state index contributed by atoms with van der Waals surface area (Å²) < 4.78 is 0. The van der Waals surface area contributed by atoms with E-state index < -0.39 is 0 Å². The first-order valence-corrected chi connectivity index (χ1v) is 7.69. The number of hydrogen-bond acceptors (Lipinski definition) is 3. The molecule has 104 valence electrons. The zero-order valence-electron chi connectivity index (χ0n) is 12.1. The van der Waals surface area contributed by atoms with Crippen molar-refractivity contribution < 1.29 is 0 Å². The van der Waals surface area contributed by atoms with Gasteiger partial charge in [0.25, 0.3) is 0 Å². The number of fused-ring (bicyclic) bond motifs is 1. The Morgan fingerprint density at radius 3 is 3.05 bits per heavy atom. The van der Waals surface area contributed by atoms with Gasteiger partial charge in [-0.2, -0.15) is 0 Å². The Morgan fingerprint density at radius 1 is 1.42 bits per heavy atom. The zero-order chi connectivity index (χ0) is 13.2. The van der Waals surface area contributed by atoms with Gasteiger partial charge < -0.3 is 0 Å². The average Bonchev–Trinajstić information content (AvgIpc) is 2.93. The van der Waals surface area contributed by atoms with Gasteiger partial charge in [0.2, 0.25) is 0 Å². The van der Waals surface area contributed by atoms with Crippen molar-refractivity contribution in [2.75, 3.05) is 19.6 Å². The van der Waals surface area contributed by atoms with Crippen LogP contribution in [0.15, 0.2) is 24.5 Å². The molecular weight excluding hydrogens is 234 g/mol. The summed E-state index contributed by atoms with van der Waals surface area (Å²) in [5.74, 6) is 0. The lowest BCUT2D eigenvalue weighted by Crippen LogP contribution is -2.56. The van der Waals surface area contributed by atoms with E-state index in [1.54, 1.807) is 0 Å². The maximum absolute atomic E-state index is 4.28. The minimum absolute atomic E-state index is 0.487. The highest BCUT2D eigenvalue weighted by molar-refractivity contribution is 5.14. The van der Waals surface area contributed by atoms with Crippen molar-refractivity contribution in [2.24, 2.45) is 0 Å². The predicted molar refractivity (Wildman–Crippen MR) is 78.0 cm³/mol. The second-order valence-electron chi connectivity index (χ2n) is 6.01. The summed E-state index contributed by atoms with van der Waals surface area (Å²) in [6.45, 7) is 8.46. The Labute approximate surface area is 116 Å². The largest absolute Gasteiger partial charge is 0.298 e. The number of piperazine rings is 1. The van der Waals surface area contributed by atoms with Gasteiger partial charge in [-0.25, -0.2) is 0 Å². The molecule has 3 nitrogen and oxygen atoms in total. The maximum Gasteiger partial charge on any atom is 0.0339 e. The number of nitrogens with zero attached hydrogens (tertiary/aromatic N) is 3. The van der Waals surface area contributed by atoms with Crippen LogP contribution in [0, 0.1) is 0 Å². The number of aromatic nitrogens is 1. The molecule has 0 radical (unpaired) electrons. The van der Waals surface area contributed by atoms with Gasteiger partial charge in [-0.1, -0.05) is 13.0 Å². The van der Waals surface area contributed by atoms with E-state index in [4.69, 9.17) is 0 Å². The molecule has 0 spiro atoms. The monoisotopic (exact) mass is 259 g/mol. The van der Waals surface area contributed by atoms with Crippen LogP contribution >= 0.6 is 0 Å². The van der Waals surface area contributed by atoms with Gasteiger partial charge in [0.1, 0.15) is 0 Å². The molecule has 0 aliphatic carbocycles. The molecule has 19 heavy (non-hydrogen) atoms. The van der Waals surface area contributed by atoms with Crippen molar-refractivity contribution in [1.82, 2.24) is 14.8 Å². The molecule has 0 saturated carbocycles. The smallest absolute Gasteiger partial charge is 0.0339 e. The van der Waals surface area contributed by atoms with Crippen molar-refractivity contribution in [3.63, 3.8) is 0 Å². The molecule has 3 heterocycles. The predicted octanol–water partition coefficient (Wildman–Crippen LogP) is 2.70. The summed E-state index contributed by atoms with van der Waals surface area (Å²) >= 11 is 0. The van der Waals surface area contributed by atoms with E-state index in [0.29, 0.717) is 12.1 Å². The molecule has 3 heteroatoms. The first kappa shape index (κ1) is 13.1. The molecule has 2 fully saturated rings. The summed E-state index contributed by atoms with van der Waals surface area (Å²) in [5, 5.41) is 0. The van der Waals surface area contributed by atoms with Gasteiger partial charge in [0.15, 0.2) is 0 Å². The Kier molecular flexibility index (Phi) is 3.85. The van der Waals surface area contributed by atoms with Gasteiger partial charge in [0, 0.05) is 43.6 Å². The number of pyridine rings is 1. The first-order chi connectivity index (χ1) is 9.29. The quantitative estimate of drug-likeness (QED) is 0.832. The van der Waals surface area contributed by atoms with E-state index in [1.165, 1.54) is 44.5 Å². The fourth-order valence-corrected chi connectivity index (χ4v) is 3.76. The van der Waals surface area contributed by atoms with Crippen LogP contribution in [0.2, 0.25) is 0 Å². The van der Waals surface area contributed by atoms with Crippen molar-refractivity contribution in [1.29, 1.82) is 0 Å². The van der Waals surface area contributed by atoms with Crippen LogP contribution in [0.4, 0.5) is 0 Å². The minimum atomic E-state index is 0.487. The van der Waals surface area contributed by atoms with Gasteiger partial charge in [0.05, 0.1) is 0 Å². The maximum atomic E-state index is 4.28. The highest BCUT2D eigenvalue weighted by Crippen LogP contribution is 2.31. The summed E-state index contributed by atoms with van der Waals surface area (Å²) in [7, 11) is 0. The fourth-order valence-electron chi connectivity index (χ4n) is 3.76. The number of hydrogen-bond donors (Lipinski definition) is 0. The molecule has 1 aromatic rings. The summed E-state index contributed by atoms with van der Waals surface area (Å²) in [6.07, 6.45) is 7.90. The lowest BCUT2D eigenvalue weighted by molar-refractivity contribution is 0.0226. The lowest BCUT2D eigenvalue weighted by atomic mass is 9.99. The third-order valence-corrected chi connectivity index (χ3v) is 4.97. The third kappa shape index (κ3) is 2.54. The molecule has 0 amide bonds. The molecule has 2 aliphatic heterocycles. The molecule has 1 aromatic heterocycles. The van der Waals surface area contributed by atoms with Crippen LogP contribution in [0.25, 0.3) is 0 Å². The van der Waals surface area contributed by atoms with Crippen molar-refractivity contribution >= 4 is 0 Å². The van der Waals surface area contributed by atoms with Crippen molar-refractivity contribution in [3.8, 4) is 0 Å². The molecule has 0 bridgehead atoms. The van der Waals surface area contributed by atoms with Gasteiger partial charge in [-0.05, 0) is 44.4 Å². The standard InChI is InChI=1S/C16H25N3/c1-3-15-11-18-9-5-7-16(18)12-19(15)13(2)14-6-4-8-17-10-14/h4,6,8,10,13,15-16H,3,5,7,9,11-12H2,1-2H3. The lowest BCUT2D eigenvalue weighted by Gasteiger charge is -2.46. The molecule has 3 rings (SSSR count). The second kappa shape index (κ2) is 5.59. The van der Waals surface area contributed by atoms with Crippen LogP contribution in [-0.2, 0) is 0 Å². The minimum Gasteiger partial charge on any atom is -0.298 e. The van der Waals surface area contributed by atoms with E-state index in [0.717, 1.165) is 6.04 Å². The van der Waals surface area contributed by atoms with Gasteiger partial charge in [-0.15, -0.1) is 0 Å². The molecule has 0 N–H and O–H groups in total. The van der Waals surface area contributed by atoms with Gasteiger partial charge >= 0.3 is 0 Å². The fraction of sp³-hybridized carbons (Fsp3) is 0.688. The van der Waals surface area contributed by atoms with E-state index in [2.05, 4.69) is 40.8 Å². The molecule has 2 saturated heterocycles. The van der Waals surface area contributed by atoms with Crippen LogP contribution in [0.1, 0.15) is 44.7 Å². The molecule has 3 unspecified atom stereocenters. The SMILES string of the molecule is CCC1CN2CCCC2CN1C(C)c1cccnc1. The van der Waals surface area contributed by atoms with E-state index in [9.17, 15) is 0 Å². The second-order valence-corrected chi connectivity index (χ2v) is 6.01. The molecule has 3 atom stereocenters. The Hall–Kier alpha value is -0.930. The molecule has 2 aliphatic rings. The van der Waals surface area contributed by atoms with Crippen LogP contribution < -0.4 is 0 Å². The van der Waals surface area contributed by atoms with Crippen LogP contribution in [0.5, 0.6) is 0 Å². The summed E-state index contributed by atoms with van der Waals surface area (Å²) in [4.78, 5) is 9.70. The van der Waals surface area contributed by atoms with Crippen LogP contribution in [-0.4, -0.2) is 46.5 Å². The topological polar surface area (TPSA) is 19.4 Å². The average molecular weight is 259 g/mol. The normalized spacial score (nSPS) is 30.2. The third-order valence-electron chi connectivity index (χ3n) is 4.97. The van der Waals surface area contributed by atoms with Crippen LogP contribution in [0.3, 0.4) is 0 Å². The highest BCUT2D eigenvalue weighted by Gasteiger charge is 2.37. The van der Waals surface area contributed by atoms with E-state index in [1.807, 2.05) is 12.4 Å². The number of rotatable bonds is 3. The molecule has 0 aromatic carbocycles. The highest BCUT2D eigenvalue weighted by atomic mass is 15.3. The summed E-state index contributed by atoms with van der Waals surface area (Å²) in [5.41, 5.74) is 1.35.